The molecule has 2 heterocycles. The number of aromatic nitrogens is 1. The number of Topliss-reactive ketones (excluding diaryl/α,β-unsaturated/α-hetero) is 2. The number of rotatable bonds is 8. The number of fused-ring (bicyclic) bond motifs is 4. The van der Waals surface area contributed by atoms with E-state index < -0.39 is 46.2 Å². The van der Waals surface area contributed by atoms with E-state index in [4.69, 9.17) is 14.0 Å². The number of carbonyl (C=O) groups is 2. The normalized spacial score (nSPS) is 26.8. The molecule has 254 valence electrons. The minimum atomic E-state index is -1.65. The Morgan fingerprint density at radius 3 is 2.62 bits per heavy atom. The van der Waals surface area contributed by atoms with Crippen LogP contribution >= 0.6 is 15.9 Å². The van der Waals surface area contributed by atoms with E-state index >= 15 is 4.39 Å². The summed E-state index contributed by atoms with van der Waals surface area (Å²) in [7, 11) is 5.27. The third kappa shape index (κ3) is 4.94. The number of allylic oxidation sites excluding steroid dienone is 1. The van der Waals surface area contributed by atoms with E-state index in [0.717, 1.165) is 24.9 Å². The van der Waals surface area contributed by atoms with Gasteiger partial charge in [-0.15, -0.1) is 0 Å². The van der Waals surface area contributed by atoms with E-state index in [9.17, 15) is 19.5 Å². The zero-order chi connectivity index (χ0) is 34.1. The Morgan fingerprint density at radius 1 is 1.17 bits per heavy atom. The van der Waals surface area contributed by atoms with Gasteiger partial charge in [-0.1, -0.05) is 30.3 Å². The molecule has 0 spiro atoms. The van der Waals surface area contributed by atoms with Gasteiger partial charge in [0, 0.05) is 42.3 Å². The fourth-order valence-electron chi connectivity index (χ4n) is 8.56. The summed E-state index contributed by atoms with van der Waals surface area (Å²) in [6.07, 6.45) is 2.33. The maximum absolute atomic E-state index is 17.0. The Kier molecular flexibility index (Phi) is 8.50. The second kappa shape index (κ2) is 12.4. The van der Waals surface area contributed by atoms with Gasteiger partial charge < -0.3 is 19.1 Å². The fourth-order valence-corrected chi connectivity index (χ4v) is 9.17. The van der Waals surface area contributed by atoms with Gasteiger partial charge >= 0.3 is 0 Å². The quantitative estimate of drug-likeness (QED) is 0.286. The topological polar surface area (TPSA) is 125 Å². The zero-order valence-electron chi connectivity index (χ0n) is 27.4. The summed E-state index contributed by atoms with van der Waals surface area (Å²) < 4.78 is 34.7. The number of ether oxygens (including phenoxy) is 2. The van der Waals surface area contributed by atoms with Crippen LogP contribution in [0.2, 0.25) is 0 Å². The largest absolute Gasteiger partial charge is 0.507 e. The lowest BCUT2D eigenvalue weighted by Crippen LogP contribution is -2.57. The number of aliphatic hydroxyl groups is 1. The van der Waals surface area contributed by atoms with Gasteiger partial charge in [0.25, 0.3) is 5.56 Å². The molecule has 0 bridgehead atoms. The molecule has 0 amide bonds. The summed E-state index contributed by atoms with van der Waals surface area (Å²) >= 11 is 3.65. The number of ketones is 2. The Hall–Kier alpha value is -3.58. The van der Waals surface area contributed by atoms with Gasteiger partial charge in [0.15, 0.2) is 17.3 Å². The Balaban J connectivity index is 1.38. The number of hydrogen-bond donors (Lipinski definition) is 2. The van der Waals surface area contributed by atoms with E-state index in [2.05, 4.69) is 26.0 Å². The molecule has 3 aliphatic carbocycles. The van der Waals surface area contributed by atoms with Crippen LogP contribution in [0.4, 0.5) is 4.39 Å². The Morgan fingerprint density at radius 2 is 1.92 bits per heavy atom. The molecule has 1 aromatic heterocycles. The summed E-state index contributed by atoms with van der Waals surface area (Å²) in [6, 6.07) is 9.07. The molecule has 1 saturated heterocycles. The number of H-pyrrole nitrogens is 1. The summed E-state index contributed by atoms with van der Waals surface area (Å²) in [5, 5.41) is 14.4. The van der Waals surface area contributed by atoms with E-state index in [1.165, 1.54) is 0 Å². The maximum atomic E-state index is 17.0. The first-order valence-corrected chi connectivity index (χ1v) is 17.1. The molecule has 3 aromatic rings. The molecule has 2 aromatic carbocycles. The van der Waals surface area contributed by atoms with Crippen LogP contribution in [0.25, 0.3) is 5.76 Å². The SMILES string of the molecule is COC[C@@H]1CCCN1Cc1c(F)c2c(c(OCc3ccccc3)c1Br)C(O)=C1C(=O)[C@]3(C)C(=O)c4c(o[nH]c4=O)[C@@H](N(C)C)[C@@H]3C[C@@H]1C2. The van der Waals surface area contributed by atoms with Gasteiger partial charge in [-0.2, -0.15) is 5.16 Å². The highest BCUT2D eigenvalue weighted by Crippen LogP contribution is 2.59. The van der Waals surface area contributed by atoms with Crippen molar-refractivity contribution in [1.82, 2.24) is 15.0 Å². The van der Waals surface area contributed by atoms with Crippen LogP contribution in [0.5, 0.6) is 5.75 Å². The van der Waals surface area contributed by atoms with Crippen LogP contribution in [-0.4, -0.2) is 72.0 Å². The smallest absolute Gasteiger partial charge is 0.291 e. The molecule has 48 heavy (non-hydrogen) atoms. The molecule has 7 rings (SSSR count). The van der Waals surface area contributed by atoms with Crippen LogP contribution in [-0.2, 0) is 29.1 Å². The van der Waals surface area contributed by atoms with Crippen molar-refractivity contribution in [2.24, 2.45) is 17.3 Å². The number of methoxy groups -OCH3 is 1. The Labute approximate surface area is 286 Å². The first kappa shape index (κ1) is 32.9. The van der Waals surface area contributed by atoms with E-state index in [1.54, 1.807) is 28.1 Å². The number of hydrogen-bond acceptors (Lipinski definition) is 9. The van der Waals surface area contributed by atoms with Crippen molar-refractivity contribution in [3.63, 3.8) is 0 Å². The van der Waals surface area contributed by atoms with Crippen LogP contribution < -0.4 is 10.3 Å². The van der Waals surface area contributed by atoms with Crippen molar-refractivity contribution in [2.45, 2.75) is 57.8 Å². The van der Waals surface area contributed by atoms with Gasteiger partial charge in [0.2, 0.25) is 0 Å². The first-order valence-electron chi connectivity index (χ1n) is 16.3. The molecule has 1 saturated carbocycles. The monoisotopic (exact) mass is 723 g/mol. The first-order chi connectivity index (χ1) is 23.0. The molecule has 5 atom stereocenters. The van der Waals surface area contributed by atoms with Crippen molar-refractivity contribution in [1.29, 1.82) is 0 Å². The average molecular weight is 725 g/mol. The van der Waals surface area contributed by atoms with Crippen molar-refractivity contribution in [2.75, 3.05) is 34.4 Å². The fraction of sp³-hybridized carbons (Fsp3) is 0.472. The highest BCUT2D eigenvalue weighted by atomic mass is 79.9. The number of aliphatic hydroxyl groups excluding tert-OH is 1. The molecule has 0 radical (unpaired) electrons. The number of benzene rings is 2. The number of halogens is 2. The summed E-state index contributed by atoms with van der Waals surface area (Å²) in [4.78, 5) is 45.5. The Bertz CT molecular complexity index is 1890. The van der Waals surface area contributed by atoms with Gasteiger partial charge in [0.05, 0.1) is 28.1 Å². The van der Waals surface area contributed by atoms with E-state index in [-0.39, 0.29) is 65.0 Å². The molecular formula is C36H39BrFN3O7. The summed E-state index contributed by atoms with van der Waals surface area (Å²) in [5.41, 5.74) is -0.761. The average Bonchev–Trinajstić information content (AvgIpc) is 3.67. The highest BCUT2D eigenvalue weighted by Gasteiger charge is 2.63. The predicted molar refractivity (Wildman–Crippen MR) is 178 cm³/mol. The molecule has 4 aliphatic rings. The van der Waals surface area contributed by atoms with E-state index in [1.807, 2.05) is 35.2 Å². The van der Waals surface area contributed by atoms with Crippen LogP contribution in [0.3, 0.4) is 0 Å². The molecule has 12 heteroatoms. The lowest BCUT2D eigenvalue weighted by atomic mass is 9.52. The van der Waals surface area contributed by atoms with Gasteiger partial charge in [-0.25, -0.2) is 4.39 Å². The van der Waals surface area contributed by atoms with Crippen molar-refractivity contribution in [3.8, 4) is 5.75 Å². The molecular weight excluding hydrogens is 685 g/mol. The lowest BCUT2D eigenvalue weighted by molar-refractivity contribution is -0.130. The minimum Gasteiger partial charge on any atom is -0.507 e. The third-order valence-electron chi connectivity index (χ3n) is 10.9. The third-order valence-corrected chi connectivity index (χ3v) is 11.8. The second-order valence-electron chi connectivity index (χ2n) is 13.8. The molecule has 1 aliphatic heterocycles. The van der Waals surface area contributed by atoms with Crippen LogP contribution in [0, 0.1) is 23.1 Å². The number of aromatic amines is 1. The standard InChI is InChI=1S/C36H39BrFN3O7/c1-36-23(29(40(2)3)32-26(34(36)44)35(45)39-48-32)14-19-13-21-25(30(42)24(19)33(36)43)31(47-16-18-9-6-5-7-10-18)27(37)22(28(21)38)15-41-12-8-11-20(41)17-46-4/h5-7,9-10,19-20,23,29,42H,8,11-17H2,1-4H3,(H,39,45)/t19-,20-,23-,29-,36+/m0/s1. The summed E-state index contributed by atoms with van der Waals surface area (Å²) in [5.74, 6) is -2.78. The lowest BCUT2D eigenvalue weighted by Gasteiger charge is -2.50. The van der Waals surface area contributed by atoms with Gasteiger partial charge in [-0.3, -0.25) is 24.2 Å². The second-order valence-corrected chi connectivity index (χ2v) is 14.6. The van der Waals surface area contributed by atoms with Crippen molar-refractivity contribution in [3.05, 3.63) is 90.1 Å². The van der Waals surface area contributed by atoms with Gasteiger partial charge in [-0.05, 0) is 80.7 Å². The van der Waals surface area contributed by atoms with Crippen LogP contribution in [0.1, 0.15) is 70.6 Å². The minimum absolute atomic E-state index is 0.0683. The predicted octanol–water partition coefficient (Wildman–Crippen LogP) is 5.60. The van der Waals surface area contributed by atoms with Crippen molar-refractivity contribution < 1.29 is 33.1 Å². The van der Waals surface area contributed by atoms with E-state index in [0.29, 0.717) is 23.2 Å². The number of likely N-dealkylation sites (tertiary alicyclic amines) is 1. The number of nitrogens with one attached hydrogen (secondary N) is 1. The number of carbonyl (C=O) groups excluding carboxylic acids is 2. The summed E-state index contributed by atoms with van der Waals surface area (Å²) in [6.45, 7) is 3.33. The molecule has 10 nitrogen and oxygen atoms in total. The maximum Gasteiger partial charge on any atom is 0.291 e. The molecule has 2 N–H and O–H groups in total. The highest BCUT2D eigenvalue weighted by molar-refractivity contribution is 9.10. The van der Waals surface area contributed by atoms with Crippen molar-refractivity contribution >= 4 is 33.3 Å². The molecule has 0 unspecified atom stereocenters. The molecule has 2 fully saturated rings. The zero-order valence-corrected chi connectivity index (χ0v) is 29.0. The number of nitrogens with zero attached hydrogens (tertiary/aromatic N) is 2. The van der Waals surface area contributed by atoms with Crippen LogP contribution in [0.15, 0.2) is 49.7 Å². The van der Waals surface area contributed by atoms with Gasteiger partial charge in [0.1, 0.15) is 29.5 Å².